The Hall–Kier alpha value is -2.83. The van der Waals surface area contributed by atoms with Crippen LogP contribution in [-0.4, -0.2) is 13.0 Å². The normalized spacial score (nSPS) is 10.8. The van der Waals surface area contributed by atoms with Crippen molar-refractivity contribution in [1.82, 2.24) is 0 Å². The lowest BCUT2D eigenvalue weighted by Crippen LogP contribution is -2.13. The molecule has 0 saturated carbocycles. The van der Waals surface area contributed by atoms with Crippen molar-refractivity contribution >= 4 is 56.2 Å². The molecule has 0 aliphatic carbocycles. The van der Waals surface area contributed by atoms with E-state index in [1.165, 1.54) is 0 Å². The maximum atomic E-state index is 12.5. The van der Waals surface area contributed by atoms with Crippen LogP contribution in [0.25, 0.3) is 6.08 Å². The molecule has 5 nitrogen and oxygen atoms in total. The molecule has 0 radical (unpaired) electrons. The Bertz CT molecular complexity index is 1140. The number of amides is 1. The third-order valence-electron chi connectivity index (χ3n) is 4.29. The van der Waals surface area contributed by atoms with Gasteiger partial charge in [-0.05, 0) is 88.3 Å². The minimum Gasteiger partial charge on any atom is -0.497 e. The van der Waals surface area contributed by atoms with Crippen molar-refractivity contribution in [3.05, 3.63) is 91.5 Å². The van der Waals surface area contributed by atoms with E-state index in [9.17, 15) is 10.1 Å². The molecule has 1 amide bonds. The van der Waals surface area contributed by atoms with Crippen molar-refractivity contribution < 1.29 is 14.3 Å². The number of ether oxygens (including phenoxy) is 2. The van der Waals surface area contributed by atoms with E-state index in [2.05, 4.69) is 43.8 Å². The molecule has 0 bridgehead atoms. The summed E-state index contributed by atoms with van der Waals surface area (Å²) in [6.07, 6.45) is 1.56. The highest BCUT2D eigenvalue weighted by Crippen LogP contribution is 2.25. The van der Waals surface area contributed by atoms with E-state index in [0.29, 0.717) is 18.0 Å². The molecule has 0 fully saturated rings. The highest BCUT2D eigenvalue weighted by atomic mass is 127. The van der Waals surface area contributed by atoms with Crippen LogP contribution in [0, 0.1) is 14.9 Å². The first kappa shape index (κ1) is 22.8. The summed E-state index contributed by atoms with van der Waals surface area (Å²) >= 11 is 5.60. The maximum Gasteiger partial charge on any atom is 0.266 e. The third-order valence-corrected chi connectivity index (χ3v) is 5.66. The summed E-state index contributed by atoms with van der Waals surface area (Å²) in [7, 11) is 1.57. The number of halogens is 2. The fourth-order valence-electron chi connectivity index (χ4n) is 2.65. The van der Waals surface area contributed by atoms with E-state index in [1.54, 1.807) is 37.5 Å². The summed E-state index contributed by atoms with van der Waals surface area (Å²) in [6, 6.07) is 22.3. The second-order valence-corrected chi connectivity index (χ2v) is 8.54. The lowest BCUT2D eigenvalue weighted by molar-refractivity contribution is -0.112. The maximum absolute atomic E-state index is 12.5. The number of anilines is 1. The zero-order valence-electron chi connectivity index (χ0n) is 16.6. The van der Waals surface area contributed by atoms with Crippen LogP contribution in [0.2, 0.25) is 0 Å². The van der Waals surface area contributed by atoms with Crippen molar-refractivity contribution in [3.63, 3.8) is 0 Å². The molecule has 31 heavy (non-hydrogen) atoms. The van der Waals surface area contributed by atoms with Crippen molar-refractivity contribution in [1.29, 1.82) is 5.26 Å². The second-order valence-electron chi connectivity index (χ2n) is 6.46. The van der Waals surface area contributed by atoms with Gasteiger partial charge in [-0.3, -0.25) is 4.79 Å². The average Bonchev–Trinajstić information content (AvgIpc) is 2.78. The molecule has 0 aliphatic heterocycles. The Morgan fingerprint density at radius 2 is 1.84 bits per heavy atom. The summed E-state index contributed by atoms with van der Waals surface area (Å²) in [5.74, 6) is 0.950. The number of benzene rings is 3. The second kappa shape index (κ2) is 11.0. The van der Waals surface area contributed by atoms with Gasteiger partial charge in [-0.1, -0.05) is 34.1 Å². The van der Waals surface area contributed by atoms with Crippen LogP contribution in [0.4, 0.5) is 5.69 Å². The van der Waals surface area contributed by atoms with Crippen LogP contribution < -0.4 is 14.8 Å². The van der Waals surface area contributed by atoms with E-state index in [1.807, 2.05) is 48.5 Å². The summed E-state index contributed by atoms with van der Waals surface area (Å²) in [5.41, 5.74) is 2.39. The molecule has 0 spiro atoms. The Morgan fingerprint density at radius 1 is 1.13 bits per heavy atom. The minimum atomic E-state index is -0.474. The number of nitrogens with zero attached hydrogens (tertiary/aromatic N) is 1. The Balaban J connectivity index is 1.68. The first-order chi connectivity index (χ1) is 15.0. The van der Waals surface area contributed by atoms with Crippen molar-refractivity contribution in [2.75, 3.05) is 12.4 Å². The fourth-order valence-corrected chi connectivity index (χ4v) is 3.61. The van der Waals surface area contributed by atoms with Crippen LogP contribution in [0.15, 0.2) is 76.8 Å². The number of carbonyl (C=O) groups is 1. The van der Waals surface area contributed by atoms with Gasteiger partial charge >= 0.3 is 0 Å². The van der Waals surface area contributed by atoms with Gasteiger partial charge in [-0.25, -0.2) is 0 Å². The van der Waals surface area contributed by atoms with Gasteiger partial charge in [0.1, 0.15) is 29.7 Å². The lowest BCUT2D eigenvalue weighted by Gasteiger charge is -2.09. The van der Waals surface area contributed by atoms with Gasteiger partial charge in [0.05, 0.1) is 10.7 Å². The lowest BCUT2D eigenvalue weighted by atomic mass is 10.1. The largest absolute Gasteiger partial charge is 0.497 e. The monoisotopic (exact) mass is 588 g/mol. The van der Waals surface area contributed by atoms with Crippen LogP contribution in [-0.2, 0) is 11.4 Å². The summed E-state index contributed by atoms with van der Waals surface area (Å²) in [4.78, 5) is 12.5. The predicted molar refractivity (Wildman–Crippen MR) is 133 cm³/mol. The minimum absolute atomic E-state index is 0.00940. The number of nitrogens with one attached hydrogen (secondary N) is 1. The van der Waals surface area contributed by atoms with E-state index in [-0.39, 0.29) is 5.57 Å². The van der Waals surface area contributed by atoms with Gasteiger partial charge < -0.3 is 14.8 Å². The van der Waals surface area contributed by atoms with E-state index in [0.717, 1.165) is 24.9 Å². The number of hydrogen-bond acceptors (Lipinski definition) is 4. The quantitative estimate of drug-likeness (QED) is 0.203. The highest BCUT2D eigenvalue weighted by Gasteiger charge is 2.11. The standard InChI is InChI=1S/C24H18BrIN2O3/c1-30-21-9-7-20(8-10-21)28-24(29)18(14-27)12-17-4-11-23(22(26)13-17)31-15-16-2-5-19(25)6-3-16/h2-13H,15H2,1H3,(H,28,29)/b18-12-. The van der Waals surface area contributed by atoms with Gasteiger partial charge in [0.15, 0.2) is 0 Å². The van der Waals surface area contributed by atoms with Crippen LogP contribution in [0.3, 0.4) is 0 Å². The first-order valence-corrected chi connectivity index (χ1v) is 11.1. The molecule has 7 heteroatoms. The van der Waals surface area contributed by atoms with Gasteiger partial charge in [-0.2, -0.15) is 5.26 Å². The molecule has 0 saturated heterocycles. The zero-order chi connectivity index (χ0) is 22.2. The molecule has 3 rings (SSSR count). The Morgan fingerprint density at radius 3 is 2.45 bits per heavy atom. The SMILES string of the molecule is COc1ccc(NC(=O)/C(C#N)=C\c2ccc(OCc3ccc(Br)cc3)c(I)c2)cc1. The summed E-state index contributed by atoms with van der Waals surface area (Å²) < 4.78 is 12.9. The van der Waals surface area contributed by atoms with Crippen molar-refractivity contribution in [3.8, 4) is 17.6 Å². The number of methoxy groups -OCH3 is 1. The smallest absolute Gasteiger partial charge is 0.266 e. The van der Waals surface area contributed by atoms with Gasteiger partial charge in [0.25, 0.3) is 5.91 Å². The fraction of sp³-hybridized carbons (Fsp3) is 0.0833. The molecule has 0 aliphatic rings. The molecule has 0 unspecified atom stereocenters. The number of nitriles is 1. The Kier molecular flexibility index (Phi) is 8.09. The first-order valence-electron chi connectivity index (χ1n) is 9.22. The van der Waals surface area contributed by atoms with Crippen molar-refractivity contribution in [2.24, 2.45) is 0 Å². The van der Waals surface area contributed by atoms with Gasteiger partial charge in [-0.15, -0.1) is 0 Å². The molecule has 156 valence electrons. The molecule has 0 atom stereocenters. The number of carbonyl (C=O) groups excluding carboxylic acids is 1. The number of rotatable bonds is 7. The third kappa shape index (κ3) is 6.57. The molecule has 0 aromatic heterocycles. The highest BCUT2D eigenvalue weighted by molar-refractivity contribution is 14.1. The average molecular weight is 589 g/mol. The Labute approximate surface area is 203 Å². The molecule has 3 aromatic carbocycles. The molecule has 0 heterocycles. The van der Waals surface area contributed by atoms with Crippen LogP contribution in [0.5, 0.6) is 11.5 Å². The molecule has 3 aromatic rings. The van der Waals surface area contributed by atoms with E-state index >= 15 is 0 Å². The summed E-state index contributed by atoms with van der Waals surface area (Å²) in [5, 5.41) is 12.2. The van der Waals surface area contributed by atoms with Gasteiger partial charge in [0, 0.05) is 10.2 Å². The van der Waals surface area contributed by atoms with Crippen molar-refractivity contribution in [2.45, 2.75) is 6.61 Å². The molecule has 1 N–H and O–H groups in total. The zero-order valence-corrected chi connectivity index (χ0v) is 20.3. The van der Waals surface area contributed by atoms with Crippen LogP contribution >= 0.6 is 38.5 Å². The summed E-state index contributed by atoms with van der Waals surface area (Å²) in [6.45, 7) is 0.451. The number of hydrogen-bond donors (Lipinski definition) is 1. The molecular weight excluding hydrogens is 571 g/mol. The topological polar surface area (TPSA) is 71.3 Å². The predicted octanol–water partition coefficient (Wildman–Crippen LogP) is 6.19. The van der Waals surface area contributed by atoms with E-state index in [4.69, 9.17) is 9.47 Å². The van der Waals surface area contributed by atoms with E-state index < -0.39 is 5.91 Å². The molecular formula is C24H18BrIN2O3. The van der Waals surface area contributed by atoms with Crippen LogP contribution in [0.1, 0.15) is 11.1 Å². The van der Waals surface area contributed by atoms with Gasteiger partial charge in [0.2, 0.25) is 0 Å².